The van der Waals surface area contributed by atoms with Crippen LogP contribution >= 0.6 is 0 Å². The van der Waals surface area contributed by atoms with E-state index in [1.807, 2.05) is 6.07 Å². The molecule has 21 heavy (non-hydrogen) atoms. The van der Waals surface area contributed by atoms with Gasteiger partial charge >= 0.3 is 5.89 Å². The van der Waals surface area contributed by atoms with E-state index in [2.05, 4.69) is 25.8 Å². The minimum atomic E-state index is 0.0313. The summed E-state index contributed by atoms with van der Waals surface area (Å²) in [6.07, 6.45) is 14.1. The van der Waals surface area contributed by atoms with E-state index in [4.69, 9.17) is 9.68 Å². The number of hydrogen-bond acceptors (Lipinski definition) is 3. The SMILES string of the molecule is CCCCCCC(C)(CCCCCC)c1cnc(C#N)o1. The Morgan fingerprint density at radius 1 is 1.05 bits per heavy atom. The second-order valence-corrected chi connectivity index (χ2v) is 6.32. The van der Waals surface area contributed by atoms with E-state index in [0.29, 0.717) is 0 Å². The summed E-state index contributed by atoms with van der Waals surface area (Å²) in [7, 11) is 0. The first-order valence-electron chi connectivity index (χ1n) is 8.52. The molecule has 1 aromatic heterocycles. The maximum Gasteiger partial charge on any atom is 0.300 e. The lowest BCUT2D eigenvalue weighted by atomic mass is 9.78. The summed E-state index contributed by atoms with van der Waals surface area (Å²) in [4.78, 5) is 4.06. The molecule has 0 aliphatic heterocycles. The Kier molecular flexibility index (Phi) is 8.12. The number of hydrogen-bond donors (Lipinski definition) is 0. The first kappa shape index (κ1) is 17.8. The van der Waals surface area contributed by atoms with Gasteiger partial charge in [-0.1, -0.05) is 72.1 Å². The highest BCUT2D eigenvalue weighted by Gasteiger charge is 2.29. The predicted octanol–water partition coefficient (Wildman–Crippen LogP) is 5.74. The minimum absolute atomic E-state index is 0.0313. The fourth-order valence-corrected chi connectivity index (χ4v) is 2.86. The van der Waals surface area contributed by atoms with Crippen LogP contribution in [0.15, 0.2) is 10.6 Å². The largest absolute Gasteiger partial charge is 0.433 e. The van der Waals surface area contributed by atoms with E-state index in [9.17, 15) is 0 Å². The Bertz CT molecular complexity index is 419. The summed E-state index contributed by atoms with van der Waals surface area (Å²) in [5.41, 5.74) is 0.0313. The van der Waals surface area contributed by atoms with Crippen LogP contribution in [-0.2, 0) is 5.41 Å². The quantitative estimate of drug-likeness (QED) is 0.488. The van der Waals surface area contributed by atoms with Crippen LogP contribution in [0.2, 0.25) is 0 Å². The third-order valence-corrected chi connectivity index (χ3v) is 4.36. The molecule has 0 unspecified atom stereocenters. The average Bonchev–Trinajstić information content (AvgIpc) is 2.98. The Balaban J connectivity index is 2.65. The zero-order chi connectivity index (χ0) is 15.6. The smallest absolute Gasteiger partial charge is 0.300 e. The van der Waals surface area contributed by atoms with E-state index in [-0.39, 0.29) is 11.3 Å². The number of nitriles is 1. The van der Waals surface area contributed by atoms with Crippen LogP contribution in [0.4, 0.5) is 0 Å². The van der Waals surface area contributed by atoms with Gasteiger partial charge in [0.1, 0.15) is 5.76 Å². The van der Waals surface area contributed by atoms with Crippen molar-refractivity contribution in [1.82, 2.24) is 4.98 Å². The highest BCUT2D eigenvalue weighted by Crippen LogP contribution is 2.35. The van der Waals surface area contributed by atoms with Crippen molar-refractivity contribution in [3.8, 4) is 6.07 Å². The van der Waals surface area contributed by atoms with Crippen LogP contribution in [0.25, 0.3) is 0 Å². The molecule has 0 saturated carbocycles. The molecular weight excluding hydrogens is 260 g/mol. The molecule has 0 amide bonds. The molecule has 0 atom stereocenters. The van der Waals surface area contributed by atoms with Gasteiger partial charge in [0.2, 0.25) is 0 Å². The van der Waals surface area contributed by atoms with Gasteiger partial charge in [0.05, 0.1) is 6.20 Å². The maximum atomic E-state index is 8.90. The van der Waals surface area contributed by atoms with Crippen LogP contribution in [0.5, 0.6) is 0 Å². The molecule has 0 aliphatic carbocycles. The zero-order valence-corrected chi connectivity index (χ0v) is 14.0. The second kappa shape index (κ2) is 9.60. The number of rotatable bonds is 11. The van der Waals surface area contributed by atoms with Crippen molar-refractivity contribution in [2.45, 2.75) is 90.4 Å². The molecule has 0 aliphatic rings. The van der Waals surface area contributed by atoms with Crippen LogP contribution in [-0.4, -0.2) is 4.98 Å². The number of nitrogens with zero attached hydrogens (tertiary/aromatic N) is 2. The van der Waals surface area contributed by atoms with Gasteiger partial charge in [-0.05, 0) is 12.8 Å². The molecule has 0 fully saturated rings. The Hall–Kier alpha value is -1.30. The van der Waals surface area contributed by atoms with Crippen molar-refractivity contribution >= 4 is 0 Å². The molecule has 3 nitrogen and oxygen atoms in total. The molecule has 0 aromatic carbocycles. The Morgan fingerprint density at radius 3 is 2.05 bits per heavy atom. The van der Waals surface area contributed by atoms with Crippen LogP contribution in [0, 0.1) is 11.3 Å². The summed E-state index contributed by atoms with van der Waals surface area (Å²) in [6, 6.07) is 1.99. The molecular formula is C18H30N2O. The topological polar surface area (TPSA) is 49.8 Å². The lowest BCUT2D eigenvalue weighted by Gasteiger charge is -2.27. The summed E-state index contributed by atoms with van der Waals surface area (Å²) in [5.74, 6) is 1.09. The van der Waals surface area contributed by atoms with Gasteiger partial charge in [-0.2, -0.15) is 5.26 Å². The monoisotopic (exact) mass is 290 g/mol. The summed E-state index contributed by atoms with van der Waals surface area (Å²) < 4.78 is 5.64. The second-order valence-electron chi connectivity index (χ2n) is 6.32. The van der Waals surface area contributed by atoms with Gasteiger partial charge in [0, 0.05) is 5.41 Å². The van der Waals surface area contributed by atoms with Crippen molar-refractivity contribution in [2.24, 2.45) is 0 Å². The van der Waals surface area contributed by atoms with E-state index >= 15 is 0 Å². The molecule has 1 rings (SSSR count). The first-order valence-corrected chi connectivity index (χ1v) is 8.52. The molecule has 1 heterocycles. The Labute approximate surface area is 129 Å². The van der Waals surface area contributed by atoms with Crippen molar-refractivity contribution in [2.75, 3.05) is 0 Å². The number of unbranched alkanes of at least 4 members (excludes halogenated alkanes) is 6. The average molecular weight is 290 g/mol. The molecule has 0 radical (unpaired) electrons. The van der Waals surface area contributed by atoms with Crippen molar-refractivity contribution < 1.29 is 4.42 Å². The third kappa shape index (κ3) is 5.91. The van der Waals surface area contributed by atoms with Gasteiger partial charge in [-0.15, -0.1) is 0 Å². The minimum Gasteiger partial charge on any atom is -0.433 e. The fourth-order valence-electron chi connectivity index (χ4n) is 2.86. The van der Waals surface area contributed by atoms with E-state index in [1.54, 1.807) is 6.20 Å². The van der Waals surface area contributed by atoms with Gasteiger partial charge in [0.15, 0.2) is 6.07 Å². The standard InChI is InChI=1S/C18H30N2O/c1-4-6-8-10-12-18(3,13-11-9-7-5-2)16-15-20-17(14-19)21-16/h15H,4-13H2,1-3H3. The molecule has 0 N–H and O–H groups in total. The van der Waals surface area contributed by atoms with E-state index < -0.39 is 0 Å². The summed E-state index contributed by atoms with van der Waals surface area (Å²) in [5, 5.41) is 8.90. The fraction of sp³-hybridized carbons (Fsp3) is 0.778. The third-order valence-electron chi connectivity index (χ3n) is 4.36. The van der Waals surface area contributed by atoms with E-state index in [1.165, 1.54) is 51.4 Å². The van der Waals surface area contributed by atoms with Crippen LogP contribution in [0.3, 0.4) is 0 Å². The van der Waals surface area contributed by atoms with Gasteiger partial charge in [0.25, 0.3) is 0 Å². The molecule has 3 heteroatoms. The zero-order valence-electron chi connectivity index (χ0n) is 14.0. The van der Waals surface area contributed by atoms with Gasteiger partial charge < -0.3 is 4.42 Å². The molecule has 118 valence electrons. The Morgan fingerprint density at radius 2 is 1.62 bits per heavy atom. The highest BCUT2D eigenvalue weighted by molar-refractivity contribution is 5.14. The molecule has 0 bridgehead atoms. The number of aromatic nitrogens is 1. The van der Waals surface area contributed by atoms with Gasteiger partial charge in [-0.3, -0.25) is 0 Å². The highest BCUT2D eigenvalue weighted by atomic mass is 16.4. The predicted molar refractivity (Wildman–Crippen MR) is 86.1 cm³/mol. The van der Waals surface area contributed by atoms with Crippen LogP contribution < -0.4 is 0 Å². The van der Waals surface area contributed by atoms with Crippen LogP contribution in [0.1, 0.15) is 96.6 Å². The lowest BCUT2D eigenvalue weighted by molar-refractivity contribution is 0.296. The van der Waals surface area contributed by atoms with E-state index in [0.717, 1.165) is 18.6 Å². The van der Waals surface area contributed by atoms with Crippen molar-refractivity contribution in [1.29, 1.82) is 5.26 Å². The number of oxazole rings is 1. The molecule has 1 aromatic rings. The molecule has 0 saturated heterocycles. The normalized spacial score (nSPS) is 11.5. The summed E-state index contributed by atoms with van der Waals surface area (Å²) in [6.45, 7) is 6.74. The summed E-state index contributed by atoms with van der Waals surface area (Å²) >= 11 is 0. The maximum absolute atomic E-state index is 8.90. The van der Waals surface area contributed by atoms with Gasteiger partial charge in [-0.25, -0.2) is 4.98 Å². The lowest BCUT2D eigenvalue weighted by Crippen LogP contribution is -2.21. The first-order chi connectivity index (χ1) is 10.2. The van der Waals surface area contributed by atoms with Crippen molar-refractivity contribution in [3.63, 3.8) is 0 Å². The van der Waals surface area contributed by atoms with Crippen molar-refractivity contribution in [3.05, 3.63) is 17.8 Å². The molecule has 0 spiro atoms.